The van der Waals surface area contributed by atoms with Crippen LogP contribution in [0.5, 0.6) is 0 Å². The van der Waals surface area contributed by atoms with Crippen molar-refractivity contribution >= 4 is 28.3 Å². The molecule has 1 aromatic heterocycles. The first kappa shape index (κ1) is 14.9. The van der Waals surface area contributed by atoms with Gasteiger partial charge in [0.05, 0.1) is 0 Å². The van der Waals surface area contributed by atoms with Gasteiger partial charge in [-0.3, -0.25) is 4.79 Å². The Labute approximate surface area is 135 Å². The van der Waals surface area contributed by atoms with E-state index < -0.39 is 0 Å². The maximum atomic E-state index is 11.7. The van der Waals surface area contributed by atoms with Crippen LogP contribution in [0.3, 0.4) is 0 Å². The number of aromatic amines is 1. The van der Waals surface area contributed by atoms with Gasteiger partial charge in [-0.2, -0.15) is 0 Å². The molecule has 0 unspecified atom stereocenters. The van der Waals surface area contributed by atoms with Gasteiger partial charge < -0.3 is 4.98 Å². The van der Waals surface area contributed by atoms with Crippen molar-refractivity contribution in [3.8, 4) is 11.3 Å². The number of ketones is 1. The highest BCUT2D eigenvalue weighted by Gasteiger charge is 2.14. The summed E-state index contributed by atoms with van der Waals surface area (Å²) in [6.07, 6.45) is 1.89. The minimum absolute atomic E-state index is 0.287. The van der Waals surface area contributed by atoms with Crippen LogP contribution in [-0.2, 0) is 11.2 Å². The summed E-state index contributed by atoms with van der Waals surface area (Å²) < 4.78 is 0. The van der Waals surface area contributed by atoms with Gasteiger partial charge in [-0.1, -0.05) is 48.9 Å². The first-order valence-corrected chi connectivity index (χ1v) is 7.94. The Morgan fingerprint density at radius 3 is 2.64 bits per heavy atom. The van der Waals surface area contributed by atoms with Crippen molar-refractivity contribution in [3.05, 3.63) is 59.1 Å². The summed E-state index contributed by atoms with van der Waals surface area (Å²) in [4.78, 5) is 15.2. The fourth-order valence-corrected chi connectivity index (χ4v) is 2.94. The number of hydrogen-bond donors (Lipinski definition) is 1. The lowest BCUT2D eigenvalue weighted by molar-refractivity contribution is -0.118. The summed E-state index contributed by atoms with van der Waals surface area (Å²) in [6, 6.07) is 16.1. The average molecular weight is 312 g/mol. The number of H-pyrrole nitrogens is 1. The Morgan fingerprint density at radius 2 is 1.91 bits per heavy atom. The molecule has 0 bridgehead atoms. The number of benzene rings is 2. The van der Waals surface area contributed by atoms with Crippen LogP contribution in [0.1, 0.15) is 25.3 Å². The molecule has 3 heteroatoms. The first-order valence-electron chi connectivity index (χ1n) is 7.56. The van der Waals surface area contributed by atoms with Crippen molar-refractivity contribution in [1.82, 2.24) is 4.98 Å². The molecule has 3 aromatic rings. The molecule has 0 spiro atoms. The summed E-state index contributed by atoms with van der Waals surface area (Å²) >= 11 is 6.16. The van der Waals surface area contributed by atoms with E-state index in [1.807, 2.05) is 43.3 Å². The Morgan fingerprint density at radius 1 is 1.14 bits per heavy atom. The normalized spacial score (nSPS) is 11.0. The van der Waals surface area contributed by atoms with Gasteiger partial charge >= 0.3 is 0 Å². The van der Waals surface area contributed by atoms with E-state index in [0.29, 0.717) is 17.9 Å². The summed E-state index contributed by atoms with van der Waals surface area (Å²) in [5, 5.41) is 1.82. The van der Waals surface area contributed by atoms with Gasteiger partial charge in [-0.25, -0.2) is 0 Å². The maximum absolute atomic E-state index is 11.7. The van der Waals surface area contributed by atoms with Crippen molar-refractivity contribution < 1.29 is 4.79 Å². The number of fused-ring (bicyclic) bond motifs is 1. The molecular weight excluding hydrogens is 294 g/mol. The van der Waals surface area contributed by atoms with Gasteiger partial charge in [0.25, 0.3) is 0 Å². The molecule has 0 amide bonds. The molecule has 0 aliphatic carbocycles. The fraction of sp³-hybridized carbons (Fsp3) is 0.211. The zero-order chi connectivity index (χ0) is 15.5. The lowest BCUT2D eigenvalue weighted by Crippen LogP contribution is -1.98. The minimum atomic E-state index is 0.287. The number of aryl methyl sites for hydroxylation is 1. The van der Waals surface area contributed by atoms with Crippen LogP contribution in [0.4, 0.5) is 0 Å². The molecule has 0 saturated carbocycles. The maximum Gasteiger partial charge on any atom is 0.132 e. The van der Waals surface area contributed by atoms with E-state index in [4.69, 9.17) is 11.6 Å². The highest BCUT2D eigenvalue weighted by molar-refractivity contribution is 6.31. The predicted octanol–water partition coefficient (Wildman–Crippen LogP) is 5.40. The summed E-state index contributed by atoms with van der Waals surface area (Å²) in [5.41, 5.74) is 4.45. The first-order chi connectivity index (χ1) is 10.7. The summed E-state index contributed by atoms with van der Waals surface area (Å²) in [6.45, 7) is 1.91. The molecule has 1 heterocycles. The number of aromatic nitrogens is 1. The molecule has 112 valence electrons. The van der Waals surface area contributed by atoms with E-state index in [2.05, 4.69) is 17.1 Å². The molecule has 2 aromatic carbocycles. The second-order valence-corrected chi connectivity index (χ2v) is 5.86. The van der Waals surface area contributed by atoms with Gasteiger partial charge in [0.2, 0.25) is 0 Å². The molecule has 1 N–H and O–H groups in total. The molecule has 0 saturated heterocycles. The minimum Gasteiger partial charge on any atom is -0.354 e. The van der Waals surface area contributed by atoms with Gasteiger partial charge in [-0.15, -0.1) is 0 Å². The van der Waals surface area contributed by atoms with E-state index in [-0.39, 0.29) is 5.78 Å². The summed E-state index contributed by atoms with van der Waals surface area (Å²) in [7, 11) is 0. The average Bonchev–Trinajstić information content (AvgIpc) is 2.91. The van der Waals surface area contributed by atoms with Crippen LogP contribution >= 0.6 is 11.6 Å². The second kappa shape index (κ2) is 6.37. The van der Waals surface area contributed by atoms with E-state index in [1.165, 1.54) is 5.56 Å². The monoisotopic (exact) mass is 311 g/mol. The van der Waals surface area contributed by atoms with Crippen molar-refractivity contribution in [2.45, 2.75) is 26.2 Å². The zero-order valence-electron chi connectivity index (χ0n) is 12.5. The number of nitrogens with one attached hydrogen (secondary N) is 1. The number of rotatable bonds is 5. The predicted molar refractivity (Wildman–Crippen MR) is 92.4 cm³/mol. The Balaban J connectivity index is 2.11. The number of hydrogen-bond acceptors (Lipinski definition) is 1. The second-order valence-electron chi connectivity index (χ2n) is 5.43. The highest BCUT2D eigenvalue weighted by atomic mass is 35.5. The number of carbonyl (C=O) groups excluding carboxylic acids is 1. The third-order valence-electron chi connectivity index (χ3n) is 3.98. The van der Waals surface area contributed by atoms with E-state index in [9.17, 15) is 4.79 Å². The van der Waals surface area contributed by atoms with Gasteiger partial charge in [0, 0.05) is 34.5 Å². The highest BCUT2D eigenvalue weighted by Crippen LogP contribution is 2.32. The number of Topliss-reactive ketones (excluding diaryl/α,β-unsaturated/α-hetero) is 1. The van der Waals surface area contributed by atoms with Crippen LogP contribution < -0.4 is 0 Å². The van der Waals surface area contributed by atoms with Crippen LogP contribution in [0, 0.1) is 0 Å². The molecular formula is C19H18ClNO. The van der Waals surface area contributed by atoms with Crippen LogP contribution in [0.25, 0.3) is 22.2 Å². The van der Waals surface area contributed by atoms with Crippen molar-refractivity contribution in [2.24, 2.45) is 0 Å². The van der Waals surface area contributed by atoms with Crippen molar-refractivity contribution in [1.29, 1.82) is 0 Å². The molecule has 3 rings (SSSR count). The van der Waals surface area contributed by atoms with Crippen LogP contribution in [0.15, 0.2) is 48.5 Å². The molecule has 22 heavy (non-hydrogen) atoms. The van der Waals surface area contributed by atoms with Crippen molar-refractivity contribution in [2.75, 3.05) is 0 Å². The summed E-state index contributed by atoms with van der Waals surface area (Å²) in [5.74, 6) is 0.287. The van der Waals surface area contributed by atoms with Gasteiger partial charge in [-0.05, 0) is 35.7 Å². The Hall–Kier alpha value is -2.06. The zero-order valence-corrected chi connectivity index (χ0v) is 13.3. The molecule has 2 nitrogen and oxygen atoms in total. The fourth-order valence-electron chi connectivity index (χ4n) is 2.77. The van der Waals surface area contributed by atoms with Crippen molar-refractivity contribution in [3.63, 3.8) is 0 Å². The molecule has 0 fully saturated rings. The van der Waals surface area contributed by atoms with Gasteiger partial charge in [0.15, 0.2) is 0 Å². The number of carbonyl (C=O) groups is 1. The van der Waals surface area contributed by atoms with Crippen LogP contribution in [-0.4, -0.2) is 10.8 Å². The van der Waals surface area contributed by atoms with E-state index >= 15 is 0 Å². The van der Waals surface area contributed by atoms with E-state index in [1.54, 1.807) is 0 Å². The third kappa shape index (κ3) is 2.93. The quantitative estimate of drug-likeness (QED) is 0.672. The van der Waals surface area contributed by atoms with E-state index in [0.717, 1.165) is 28.6 Å². The van der Waals surface area contributed by atoms with Crippen LogP contribution in [0.2, 0.25) is 5.02 Å². The molecule has 0 aliphatic heterocycles. The standard InChI is InChI=1S/C19H18ClNO/c1-2-15(22)9-10-16-17-12-14(20)8-11-18(17)21-19(16)13-6-4-3-5-7-13/h3-8,11-12,21H,2,9-10H2,1H3. The largest absolute Gasteiger partial charge is 0.354 e. The molecule has 0 aliphatic rings. The topological polar surface area (TPSA) is 32.9 Å². The SMILES string of the molecule is CCC(=O)CCc1c(-c2ccccc2)[nH]c2ccc(Cl)cc12. The lowest BCUT2D eigenvalue weighted by Gasteiger charge is -2.05. The smallest absolute Gasteiger partial charge is 0.132 e. The van der Waals surface area contributed by atoms with Gasteiger partial charge in [0.1, 0.15) is 5.78 Å². The lowest BCUT2D eigenvalue weighted by atomic mass is 9.99. The Bertz CT molecular complexity index is 805. The molecule has 0 radical (unpaired) electrons. The number of halogens is 1. The Kier molecular flexibility index (Phi) is 4.30. The molecule has 0 atom stereocenters. The third-order valence-corrected chi connectivity index (χ3v) is 4.21.